The lowest BCUT2D eigenvalue weighted by atomic mass is 10.0. The smallest absolute Gasteiger partial charge is 0.246 e. The monoisotopic (exact) mass is 444 g/mol. The SMILES string of the molecule is CCN(CC)C(C(=O)Nc1cccc(S(=O)(=O)N2CCN(C)CC2)c1)c1ccccc1. The van der Waals surface area contributed by atoms with Crippen molar-refractivity contribution in [3.05, 3.63) is 60.2 Å². The molecule has 7 nitrogen and oxygen atoms in total. The minimum atomic E-state index is -3.60. The second-order valence-corrected chi connectivity index (χ2v) is 9.70. The molecule has 0 aliphatic carbocycles. The number of rotatable bonds is 8. The van der Waals surface area contributed by atoms with Gasteiger partial charge in [0.25, 0.3) is 0 Å². The molecule has 1 aliphatic heterocycles. The maximum absolute atomic E-state index is 13.3. The predicted octanol–water partition coefficient (Wildman–Crippen LogP) is 2.64. The number of anilines is 1. The molecular formula is C23H32N4O3S. The molecule has 2 aromatic carbocycles. The van der Waals surface area contributed by atoms with Crippen LogP contribution in [0.5, 0.6) is 0 Å². The van der Waals surface area contributed by atoms with E-state index in [1.54, 1.807) is 24.3 Å². The van der Waals surface area contributed by atoms with Crippen molar-refractivity contribution in [1.82, 2.24) is 14.1 Å². The van der Waals surface area contributed by atoms with Crippen LogP contribution in [0.25, 0.3) is 0 Å². The number of sulfonamides is 1. The van der Waals surface area contributed by atoms with Crippen LogP contribution in [0.4, 0.5) is 5.69 Å². The van der Waals surface area contributed by atoms with Gasteiger partial charge < -0.3 is 10.2 Å². The lowest BCUT2D eigenvalue weighted by Gasteiger charge is -2.31. The number of hydrogen-bond acceptors (Lipinski definition) is 5. The fourth-order valence-corrected chi connectivity index (χ4v) is 5.34. The van der Waals surface area contributed by atoms with Gasteiger partial charge in [-0.3, -0.25) is 9.69 Å². The van der Waals surface area contributed by atoms with E-state index in [2.05, 4.69) is 15.1 Å². The molecule has 31 heavy (non-hydrogen) atoms. The Morgan fingerprint density at radius 2 is 1.65 bits per heavy atom. The second-order valence-electron chi connectivity index (χ2n) is 7.76. The van der Waals surface area contributed by atoms with Crippen LogP contribution in [0, 0.1) is 0 Å². The van der Waals surface area contributed by atoms with E-state index in [1.165, 1.54) is 4.31 Å². The first-order chi connectivity index (χ1) is 14.9. The van der Waals surface area contributed by atoms with Crippen molar-refractivity contribution >= 4 is 21.6 Å². The summed E-state index contributed by atoms with van der Waals surface area (Å²) >= 11 is 0. The largest absolute Gasteiger partial charge is 0.324 e. The summed E-state index contributed by atoms with van der Waals surface area (Å²) in [7, 11) is -1.61. The number of amides is 1. The van der Waals surface area contributed by atoms with Crippen LogP contribution in [0.15, 0.2) is 59.5 Å². The van der Waals surface area contributed by atoms with E-state index in [9.17, 15) is 13.2 Å². The van der Waals surface area contributed by atoms with E-state index < -0.39 is 16.1 Å². The van der Waals surface area contributed by atoms with Gasteiger partial charge in [0.15, 0.2) is 0 Å². The Bertz CT molecular complexity index is 969. The van der Waals surface area contributed by atoms with Crippen LogP contribution in [0.1, 0.15) is 25.5 Å². The Kier molecular flexibility index (Phi) is 7.83. The van der Waals surface area contributed by atoms with Gasteiger partial charge in [-0.1, -0.05) is 50.2 Å². The third-order valence-electron chi connectivity index (χ3n) is 5.74. The zero-order chi connectivity index (χ0) is 22.4. The van der Waals surface area contributed by atoms with Crippen molar-refractivity contribution in [2.75, 3.05) is 51.6 Å². The van der Waals surface area contributed by atoms with Gasteiger partial charge in [-0.15, -0.1) is 0 Å². The number of nitrogens with zero attached hydrogens (tertiary/aromatic N) is 3. The molecule has 0 bridgehead atoms. The molecule has 1 amide bonds. The van der Waals surface area contributed by atoms with Crippen molar-refractivity contribution < 1.29 is 13.2 Å². The summed E-state index contributed by atoms with van der Waals surface area (Å²) in [6.45, 7) is 7.84. The molecule has 0 aromatic heterocycles. The lowest BCUT2D eigenvalue weighted by Crippen LogP contribution is -2.47. The molecule has 168 valence electrons. The first kappa shape index (κ1) is 23.4. The Morgan fingerprint density at radius 3 is 2.26 bits per heavy atom. The molecule has 2 aromatic rings. The number of benzene rings is 2. The second kappa shape index (κ2) is 10.4. The number of nitrogens with one attached hydrogen (secondary N) is 1. The third kappa shape index (κ3) is 5.51. The van der Waals surface area contributed by atoms with E-state index in [4.69, 9.17) is 0 Å². The summed E-state index contributed by atoms with van der Waals surface area (Å²) in [4.78, 5) is 17.6. The molecule has 0 saturated carbocycles. The fraction of sp³-hybridized carbons (Fsp3) is 0.435. The molecule has 1 N–H and O–H groups in total. The first-order valence-corrected chi connectivity index (χ1v) is 12.2. The van der Waals surface area contributed by atoms with Crippen LogP contribution < -0.4 is 5.32 Å². The van der Waals surface area contributed by atoms with E-state index in [0.717, 1.165) is 18.7 Å². The highest BCUT2D eigenvalue weighted by Crippen LogP contribution is 2.25. The quantitative estimate of drug-likeness (QED) is 0.678. The van der Waals surface area contributed by atoms with Gasteiger partial charge in [0.2, 0.25) is 15.9 Å². The summed E-state index contributed by atoms with van der Waals surface area (Å²) in [5, 5.41) is 2.94. The molecule has 1 heterocycles. The molecule has 1 fully saturated rings. The highest BCUT2D eigenvalue weighted by atomic mass is 32.2. The predicted molar refractivity (Wildman–Crippen MR) is 123 cm³/mol. The molecular weight excluding hydrogens is 412 g/mol. The Labute approximate surface area is 185 Å². The summed E-state index contributed by atoms with van der Waals surface area (Å²) < 4.78 is 27.7. The minimum Gasteiger partial charge on any atom is -0.324 e. The standard InChI is InChI=1S/C23H32N4O3S/c1-4-26(5-2)22(19-10-7-6-8-11-19)23(28)24-20-12-9-13-21(18-20)31(29,30)27-16-14-25(3)15-17-27/h6-13,18,22H,4-5,14-17H2,1-3H3,(H,24,28). The Hall–Kier alpha value is -2.26. The van der Waals surface area contributed by atoms with Gasteiger partial charge >= 0.3 is 0 Å². The van der Waals surface area contributed by atoms with Crippen molar-refractivity contribution in [3.8, 4) is 0 Å². The molecule has 1 saturated heterocycles. The van der Waals surface area contributed by atoms with E-state index in [-0.39, 0.29) is 10.8 Å². The first-order valence-electron chi connectivity index (χ1n) is 10.8. The summed E-state index contributed by atoms with van der Waals surface area (Å²) in [6, 6.07) is 15.7. The van der Waals surface area contributed by atoms with Crippen molar-refractivity contribution in [3.63, 3.8) is 0 Å². The molecule has 8 heteroatoms. The Morgan fingerprint density at radius 1 is 1.00 bits per heavy atom. The number of likely N-dealkylation sites (N-methyl/N-ethyl adjacent to an activating group) is 2. The minimum absolute atomic E-state index is 0.177. The van der Waals surface area contributed by atoms with E-state index in [1.807, 2.05) is 51.2 Å². The Balaban J connectivity index is 1.82. The molecule has 0 spiro atoms. The number of carbonyl (C=O) groups excluding carboxylic acids is 1. The van der Waals surface area contributed by atoms with Gasteiger partial charge in [-0.2, -0.15) is 4.31 Å². The maximum atomic E-state index is 13.3. The summed E-state index contributed by atoms with van der Waals surface area (Å²) in [5.41, 5.74) is 1.39. The normalized spacial score (nSPS) is 16.9. The van der Waals surface area contributed by atoms with Crippen LogP contribution >= 0.6 is 0 Å². The van der Waals surface area contributed by atoms with Gasteiger partial charge in [0, 0.05) is 31.9 Å². The summed E-state index contributed by atoms with van der Waals surface area (Å²) in [6.07, 6.45) is 0. The molecule has 0 radical (unpaired) electrons. The molecule has 1 aliphatic rings. The van der Waals surface area contributed by atoms with Gasteiger partial charge in [-0.05, 0) is 43.9 Å². The molecule has 1 atom stereocenters. The number of hydrogen-bond donors (Lipinski definition) is 1. The van der Waals surface area contributed by atoms with E-state index in [0.29, 0.717) is 31.9 Å². The molecule has 1 unspecified atom stereocenters. The van der Waals surface area contributed by atoms with Crippen molar-refractivity contribution in [1.29, 1.82) is 0 Å². The topological polar surface area (TPSA) is 73.0 Å². The lowest BCUT2D eigenvalue weighted by molar-refractivity contribution is -0.121. The highest BCUT2D eigenvalue weighted by Gasteiger charge is 2.29. The van der Waals surface area contributed by atoms with Gasteiger partial charge in [-0.25, -0.2) is 8.42 Å². The van der Waals surface area contributed by atoms with Crippen molar-refractivity contribution in [2.45, 2.75) is 24.8 Å². The van der Waals surface area contributed by atoms with Gasteiger partial charge in [0.05, 0.1) is 4.90 Å². The van der Waals surface area contributed by atoms with Crippen LogP contribution in [-0.4, -0.2) is 74.7 Å². The van der Waals surface area contributed by atoms with Crippen LogP contribution in [0.3, 0.4) is 0 Å². The number of carbonyl (C=O) groups is 1. The number of piperazine rings is 1. The maximum Gasteiger partial charge on any atom is 0.246 e. The third-order valence-corrected chi connectivity index (χ3v) is 7.64. The van der Waals surface area contributed by atoms with Crippen molar-refractivity contribution in [2.24, 2.45) is 0 Å². The summed E-state index contributed by atoms with van der Waals surface area (Å²) in [5.74, 6) is -0.177. The zero-order valence-corrected chi connectivity index (χ0v) is 19.3. The molecule has 3 rings (SSSR count). The average Bonchev–Trinajstić information content (AvgIpc) is 2.78. The van der Waals surface area contributed by atoms with Crippen LogP contribution in [0.2, 0.25) is 0 Å². The fourth-order valence-electron chi connectivity index (χ4n) is 3.87. The van der Waals surface area contributed by atoms with E-state index >= 15 is 0 Å². The average molecular weight is 445 g/mol. The van der Waals surface area contributed by atoms with Crippen LogP contribution in [-0.2, 0) is 14.8 Å². The van der Waals surface area contributed by atoms with Gasteiger partial charge in [0.1, 0.15) is 6.04 Å². The zero-order valence-electron chi connectivity index (χ0n) is 18.5. The highest BCUT2D eigenvalue weighted by molar-refractivity contribution is 7.89.